The second-order valence-corrected chi connectivity index (χ2v) is 7.17. The van der Waals surface area contributed by atoms with Gasteiger partial charge in [-0.2, -0.15) is 0 Å². The number of carbonyl (C=O) groups is 5. The highest BCUT2D eigenvalue weighted by Gasteiger charge is 2.20. The molecule has 1 aliphatic rings. The average Bonchev–Trinajstić information content (AvgIpc) is 3.27. The molecule has 0 aromatic carbocycles. The molecular weight excluding hydrogens is 446 g/mol. The van der Waals surface area contributed by atoms with Crippen molar-refractivity contribution in [3.05, 3.63) is 0 Å². The molecule has 0 spiro atoms. The maximum Gasteiger partial charge on any atom is 0.322 e. The number of carboxylic acids is 4. The predicted octanol–water partition coefficient (Wildman–Crippen LogP) is -3.07. The lowest BCUT2D eigenvalue weighted by Gasteiger charge is -2.07. The number of aliphatic carboxylic acids is 4. The summed E-state index contributed by atoms with van der Waals surface area (Å²) in [7, 11) is 0. The Morgan fingerprint density at radius 1 is 0.909 bits per heavy atom. The van der Waals surface area contributed by atoms with Crippen molar-refractivity contribution in [1.29, 1.82) is 0 Å². The number of amides is 1. The summed E-state index contributed by atoms with van der Waals surface area (Å²) >= 11 is 0. The van der Waals surface area contributed by atoms with Gasteiger partial charge in [0.05, 0.1) is 6.61 Å². The van der Waals surface area contributed by atoms with Crippen LogP contribution in [0.2, 0.25) is 0 Å². The molecule has 1 rings (SSSR count). The quantitative estimate of drug-likeness (QED) is 0.156. The molecule has 15 nitrogen and oxygen atoms in total. The number of carboxylic acid groups (broad SMARTS) is 4. The van der Waals surface area contributed by atoms with Crippen LogP contribution in [0.15, 0.2) is 0 Å². The van der Waals surface area contributed by atoms with Gasteiger partial charge in [0.25, 0.3) is 0 Å². The smallest absolute Gasteiger partial charge is 0.322 e. The van der Waals surface area contributed by atoms with E-state index < -0.39 is 54.5 Å². The minimum absolute atomic E-state index is 0.0208. The molecule has 1 saturated heterocycles. The molecule has 1 fully saturated rings. The van der Waals surface area contributed by atoms with Crippen LogP contribution in [-0.2, 0) is 24.0 Å². The Kier molecular flexibility index (Phi) is 20.9. The maximum absolute atomic E-state index is 10.1. The minimum Gasteiger partial charge on any atom is -0.480 e. The van der Waals surface area contributed by atoms with E-state index in [9.17, 15) is 24.0 Å². The zero-order valence-corrected chi connectivity index (χ0v) is 18.7. The fourth-order valence-corrected chi connectivity index (χ4v) is 1.68. The Labute approximate surface area is 191 Å². The van der Waals surface area contributed by atoms with Crippen LogP contribution in [0.4, 0.5) is 0 Å². The van der Waals surface area contributed by atoms with Gasteiger partial charge in [-0.15, -0.1) is 0 Å². The van der Waals surface area contributed by atoms with E-state index in [4.69, 9.17) is 48.5 Å². The topological polar surface area (TPSA) is 303 Å². The van der Waals surface area contributed by atoms with Crippen LogP contribution >= 0.6 is 0 Å². The molecule has 14 N–H and O–H groups in total. The van der Waals surface area contributed by atoms with Crippen molar-refractivity contribution in [1.82, 2.24) is 5.32 Å². The molecule has 0 aromatic rings. The van der Waals surface area contributed by atoms with Crippen molar-refractivity contribution in [3.63, 3.8) is 0 Å². The molecule has 4 unspecified atom stereocenters. The molecule has 0 saturated carbocycles. The first kappa shape index (κ1) is 34.8. The first-order chi connectivity index (χ1) is 15.1. The molecule has 33 heavy (non-hydrogen) atoms. The Bertz CT molecular complexity index is 599. The minimum atomic E-state index is -1.18. The standard InChI is InChI=1S/C5H10N2O3.C5H9NO2.C5H11NO2.C3H7NO3/c6-3(5(9)10)1-2-4(7)8;7-5(8)4-2-1-3-6-4;1-3(2)4(6)5(7)8;4-2(1-5)3(6)7/h3H,1-2,6H2,(H2,7,8)(H,9,10);4,6H,1-3H2,(H,7,8);3-4H,6H2,1-2H3,(H,7,8);2,5H,1,4H2,(H,6,7). The zero-order valence-electron chi connectivity index (χ0n) is 18.7. The van der Waals surface area contributed by atoms with Crippen LogP contribution in [-0.4, -0.2) is 92.6 Å². The van der Waals surface area contributed by atoms with Crippen molar-refractivity contribution in [2.45, 2.75) is 63.7 Å². The van der Waals surface area contributed by atoms with Crippen LogP contribution in [0.1, 0.15) is 39.5 Å². The van der Waals surface area contributed by atoms with Gasteiger partial charge < -0.3 is 53.8 Å². The number of rotatable bonds is 9. The highest BCUT2D eigenvalue weighted by atomic mass is 16.4. The number of aliphatic hydroxyl groups excluding tert-OH is 1. The zero-order chi connectivity index (χ0) is 26.7. The van der Waals surface area contributed by atoms with Crippen LogP contribution in [0.5, 0.6) is 0 Å². The van der Waals surface area contributed by atoms with Gasteiger partial charge in [0.2, 0.25) is 5.91 Å². The second-order valence-electron chi connectivity index (χ2n) is 7.17. The number of primary amides is 1. The summed E-state index contributed by atoms with van der Waals surface area (Å²) in [5, 5.41) is 43.5. The van der Waals surface area contributed by atoms with Gasteiger partial charge in [0.15, 0.2) is 0 Å². The first-order valence-electron chi connectivity index (χ1n) is 9.88. The van der Waals surface area contributed by atoms with Crippen molar-refractivity contribution >= 4 is 29.8 Å². The molecule has 0 aromatic heterocycles. The number of aliphatic hydroxyl groups is 1. The van der Waals surface area contributed by atoms with Crippen LogP contribution in [0, 0.1) is 5.92 Å². The number of hydrogen-bond acceptors (Lipinski definition) is 10. The van der Waals surface area contributed by atoms with E-state index in [0.29, 0.717) is 0 Å². The van der Waals surface area contributed by atoms with E-state index in [1.54, 1.807) is 13.8 Å². The number of hydrogen-bond donors (Lipinski definition) is 10. The SMILES string of the molecule is CC(C)C(N)C(=O)O.NC(=O)CCC(N)C(=O)O.NC(CO)C(=O)O.O=C(O)C1CCCN1. The average molecular weight is 484 g/mol. The van der Waals surface area contributed by atoms with E-state index in [1.807, 2.05) is 0 Å². The molecule has 1 amide bonds. The third-order valence-electron chi connectivity index (χ3n) is 3.89. The van der Waals surface area contributed by atoms with Gasteiger partial charge in [-0.3, -0.25) is 24.0 Å². The summed E-state index contributed by atoms with van der Waals surface area (Å²) in [6, 6.07) is -3.09. The third-order valence-corrected chi connectivity index (χ3v) is 3.89. The van der Waals surface area contributed by atoms with Crippen molar-refractivity contribution < 1.29 is 49.5 Å². The first-order valence-corrected chi connectivity index (χ1v) is 9.88. The highest BCUT2D eigenvalue weighted by Crippen LogP contribution is 2.03. The van der Waals surface area contributed by atoms with Gasteiger partial charge in [-0.1, -0.05) is 13.8 Å². The summed E-state index contributed by atoms with van der Waals surface area (Å²) in [5.41, 5.74) is 19.7. The fourth-order valence-electron chi connectivity index (χ4n) is 1.68. The molecule has 1 aliphatic heterocycles. The van der Waals surface area contributed by atoms with Gasteiger partial charge in [-0.05, 0) is 31.7 Å². The monoisotopic (exact) mass is 483 g/mol. The molecule has 0 radical (unpaired) electrons. The van der Waals surface area contributed by atoms with Crippen molar-refractivity contribution in [2.24, 2.45) is 28.9 Å². The predicted molar refractivity (Wildman–Crippen MR) is 116 cm³/mol. The largest absolute Gasteiger partial charge is 0.480 e. The van der Waals surface area contributed by atoms with Crippen LogP contribution in [0.25, 0.3) is 0 Å². The third kappa shape index (κ3) is 22.1. The van der Waals surface area contributed by atoms with E-state index in [-0.39, 0.29) is 24.8 Å². The number of nitrogens with one attached hydrogen (secondary N) is 1. The van der Waals surface area contributed by atoms with Crippen molar-refractivity contribution in [2.75, 3.05) is 13.2 Å². The van der Waals surface area contributed by atoms with Crippen LogP contribution in [0.3, 0.4) is 0 Å². The van der Waals surface area contributed by atoms with Gasteiger partial charge in [0, 0.05) is 6.42 Å². The highest BCUT2D eigenvalue weighted by molar-refractivity contribution is 5.77. The fraction of sp³-hybridized carbons (Fsp3) is 0.722. The van der Waals surface area contributed by atoms with E-state index in [1.165, 1.54) is 0 Å². The Balaban J connectivity index is -0.000000367. The summed E-state index contributed by atoms with van der Waals surface area (Å²) in [6.45, 7) is 3.91. The van der Waals surface area contributed by atoms with E-state index in [0.717, 1.165) is 19.4 Å². The molecule has 194 valence electrons. The molecule has 0 bridgehead atoms. The molecule has 0 aliphatic carbocycles. The molecular formula is C18H37N5O10. The van der Waals surface area contributed by atoms with Gasteiger partial charge in [-0.25, -0.2) is 0 Å². The van der Waals surface area contributed by atoms with E-state index >= 15 is 0 Å². The summed E-state index contributed by atoms with van der Waals surface area (Å²) in [5.74, 6) is -4.45. The van der Waals surface area contributed by atoms with Gasteiger partial charge >= 0.3 is 23.9 Å². The lowest BCUT2D eigenvalue weighted by atomic mass is 10.1. The molecule has 1 heterocycles. The second kappa shape index (κ2) is 19.8. The number of carbonyl (C=O) groups excluding carboxylic acids is 1. The summed E-state index contributed by atoms with van der Waals surface area (Å²) in [6.07, 6.45) is 1.91. The number of nitrogens with two attached hydrogens (primary N) is 4. The lowest BCUT2D eigenvalue weighted by molar-refractivity contribution is -0.140. The maximum atomic E-state index is 10.1. The van der Waals surface area contributed by atoms with Crippen LogP contribution < -0.4 is 28.3 Å². The lowest BCUT2D eigenvalue weighted by Crippen LogP contribution is -2.34. The summed E-state index contributed by atoms with van der Waals surface area (Å²) in [4.78, 5) is 49.9. The van der Waals surface area contributed by atoms with Crippen molar-refractivity contribution in [3.8, 4) is 0 Å². The Morgan fingerprint density at radius 3 is 1.55 bits per heavy atom. The normalized spacial score (nSPS) is 16.9. The molecule has 15 heteroatoms. The summed E-state index contributed by atoms with van der Waals surface area (Å²) < 4.78 is 0. The Hall–Kier alpha value is -2.85. The van der Waals surface area contributed by atoms with E-state index in [2.05, 4.69) is 5.32 Å². The Morgan fingerprint density at radius 2 is 1.39 bits per heavy atom. The van der Waals surface area contributed by atoms with Gasteiger partial charge in [0.1, 0.15) is 24.2 Å². The molecule has 4 atom stereocenters.